The van der Waals surface area contributed by atoms with E-state index in [1.807, 2.05) is 24.0 Å². The summed E-state index contributed by atoms with van der Waals surface area (Å²) in [5.41, 5.74) is 3.91. The van der Waals surface area contributed by atoms with Crippen LogP contribution in [0.1, 0.15) is 24.3 Å². The van der Waals surface area contributed by atoms with Gasteiger partial charge < -0.3 is 0 Å². The number of nitrogens with zero attached hydrogens (tertiary/aromatic N) is 2. The summed E-state index contributed by atoms with van der Waals surface area (Å²) in [5, 5.41) is 4.18. The van der Waals surface area contributed by atoms with Gasteiger partial charge >= 0.3 is 0 Å². The molecule has 1 fully saturated rings. The Morgan fingerprint density at radius 1 is 1.13 bits per heavy atom. The lowest BCUT2D eigenvalue weighted by atomic mass is 10.1. The first-order valence-electron chi connectivity index (χ1n) is 5.43. The molecule has 2 heteroatoms. The monoisotopic (exact) mass is 198 g/mol. The second-order valence-corrected chi connectivity index (χ2v) is 4.24. The first kappa shape index (κ1) is 8.72. The Bertz CT molecular complexity index is 464. The van der Waals surface area contributed by atoms with Crippen molar-refractivity contribution in [3.8, 4) is 11.3 Å². The van der Waals surface area contributed by atoms with Gasteiger partial charge in [-0.05, 0) is 36.0 Å². The average Bonchev–Trinajstić information content (AvgIpc) is 3.02. The smallest absolute Gasteiger partial charge is 0.0678 e. The molecular weight excluding hydrogens is 184 g/mol. The Morgan fingerprint density at radius 2 is 1.87 bits per heavy atom. The third-order valence-corrected chi connectivity index (χ3v) is 3.08. The second-order valence-electron chi connectivity index (χ2n) is 4.24. The highest BCUT2D eigenvalue weighted by Crippen LogP contribution is 2.40. The Morgan fingerprint density at radius 3 is 2.40 bits per heavy atom. The molecule has 2 aromatic rings. The summed E-state index contributed by atoms with van der Waals surface area (Å²) in [5.74, 6) is 0.839. The van der Waals surface area contributed by atoms with E-state index in [0.29, 0.717) is 0 Å². The Balaban J connectivity index is 1.96. The second kappa shape index (κ2) is 3.23. The minimum Gasteiger partial charge on any atom is -0.268 e. The molecule has 0 unspecified atom stereocenters. The van der Waals surface area contributed by atoms with Gasteiger partial charge in [0.25, 0.3) is 0 Å². The minimum atomic E-state index is 0.839. The summed E-state index contributed by atoms with van der Waals surface area (Å²) in [6, 6.07) is 10.9. The van der Waals surface area contributed by atoms with Gasteiger partial charge in [0.05, 0.1) is 5.69 Å². The lowest BCUT2D eigenvalue weighted by Gasteiger charge is -2.03. The molecule has 0 atom stereocenters. The quantitative estimate of drug-likeness (QED) is 0.725. The van der Waals surface area contributed by atoms with Gasteiger partial charge in [-0.2, -0.15) is 5.10 Å². The largest absolute Gasteiger partial charge is 0.268 e. The van der Waals surface area contributed by atoms with Gasteiger partial charge in [0.2, 0.25) is 0 Å². The molecule has 1 aliphatic rings. The molecule has 1 aromatic heterocycles. The van der Waals surface area contributed by atoms with Crippen molar-refractivity contribution in [3.63, 3.8) is 0 Å². The molecule has 0 amide bonds. The van der Waals surface area contributed by atoms with E-state index in [9.17, 15) is 0 Å². The molecule has 0 radical (unpaired) electrons. The first-order chi connectivity index (χ1) is 7.34. The lowest BCUT2D eigenvalue weighted by molar-refractivity contribution is 0.776. The highest BCUT2D eigenvalue weighted by molar-refractivity contribution is 5.59. The molecule has 1 saturated carbocycles. The zero-order valence-electron chi connectivity index (χ0n) is 8.85. The molecule has 1 heterocycles. The topological polar surface area (TPSA) is 17.8 Å². The predicted octanol–water partition coefficient (Wildman–Crippen LogP) is 2.96. The van der Waals surface area contributed by atoms with Crippen LogP contribution in [0.3, 0.4) is 0 Å². The van der Waals surface area contributed by atoms with Crippen molar-refractivity contribution in [1.82, 2.24) is 9.78 Å². The van der Waals surface area contributed by atoms with Crippen molar-refractivity contribution in [2.75, 3.05) is 0 Å². The van der Waals surface area contributed by atoms with Crippen molar-refractivity contribution in [3.05, 3.63) is 42.1 Å². The van der Waals surface area contributed by atoms with Crippen molar-refractivity contribution in [1.29, 1.82) is 0 Å². The maximum atomic E-state index is 4.18. The highest BCUT2D eigenvalue weighted by Gasteiger charge is 2.22. The molecule has 0 N–H and O–H groups in total. The molecule has 3 rings (SSSR count). The molecule has 15 heavy (non-hydrogen) atoms. The van der Waals surface area contributed by atoms with Crippen molar-refractivity contribution < 1.29 is 0 Å². The summed E-state index contributed by atoms with van der Waals surface area (Å²) < 4.78 is 1.91. The van der Waals surface area contributed by atoms with Gasteiger partial charge in [0.15, 0.2) is 0 Å². The van der Waals surface area contributed by atoms with Crippen LogP contribution in [-0.4, -0.2) is 9.78 Å². The van der Waals surface area contributed by atoms with Crippen LogP contribution in [0.25, 0.3) is 11.3 Å². The zero-order valence-corrected chi connectivity index (χ0v) is 8.85. The average molecular weight is 198 g/mol. The SMILES string of the molecule is Cn1nccc1-c1ccc(C2CC2)cc1. The van der Waals surface area contributed by atoms with Crippen molar-refractivity contribution >= 4 is 0 Å². The molecule has 2 nitrogen and oxygen atoms in total. The normalized spacial score (nSPS) is 15.5. The number of benzene rings is 1. The molecule has 1 aliphatic carbocycles. The first-order valence-corrected chi connectivity index (χ1v) is 5.43. The van der Waals surface area contributed by atoms with Gasteiger partial charge in [0, 0.05) is 13.2 Å². The highest BCUT2D eigenvalue weighted by atomic mass is 15.2. The number of rotatable bonds is 2. The van der Waals surface area contributed by atoms with Crippen molar-refractivity contribution in [2.45, 2.75) is 18.8 Å². The number of aromatic nitrogens is 2. The molecule has 76 valence electrons. The van der Waals surface area contributed by atoms with Crippen LogP contribution in [0.4, 0.5) is 0 Å². The minimum absolute atomic E-state index is 0.839. The maximum Gasteiger partial charge on any atom is 0.0678 e. The predicted molar refractivity (Wildman–Crippen MR) is 60.6 cm³/mol. The molecule has 0 spiro atoms. The summed E-state index contributed by atoms with van der Waals surface area (Å²) in [6.45, 7) is 0. The number of hydrogen-bond acceptors (Lipinski definition) is 1. The van der Waals surface area contributed by atoms with Crippen LogP contribution in [-0.2, 0) is 7.05 Å². The van der Waals surface area contributed by atoms with Gasteiger partial charge in [-0.1, -0.05) is 24.3 Å². The van der Waals surface area contributed by atoms with Crippen LogP contribution >= 0.6 is 0 Å². The third-order valence-electron chi connectivity index (χ3n) is 3.08. The fraction of sp³-hybridized carbons (Fsp3) is 0.308. The summed E-state index contributed by atoms with van der Waals surface area (Å²) in [4.78, 5) is 0. The Labute approximate surface area is 89.5 Å². The van der Waals surface area contributed by atoms with Gasteiger partial charge in [-0.25, -0.2) is 0 Å². The molecule has 0 aliphatic heterocycles. The van der Waals surface area contributed by atoms with E-state index >= 15 is 0 Å². The van der Waals surface area contributed by atoms with Gasteiger partial charge in [-0.15, -0.1) is 0 Å². The van der Waals surface area contributed by atoms with Crippen LogP contribution < -0.4 is 0 Å². The van der Waals surface area contributed by atoms with E-state index in [2.05, 4.69) is 29.4 Å². The molecular formula is C13H14N2. The number of hydrogen-bond donors (Lipinski definition) is 0. The van der Waals surface area contributed by atoms with E-state index in [4.69, 9.17) is 0 Å². The van der Waals surface area contributed by atoms with E-state index in [1.165, 1.54) is 29.7 Å². The van der Waals surface area contributed by atoms with E-state index in [0.717, 1.165) is 5.92 Å². The number of aryl methyl sites for hydroxylation is 1. The van der Waals surface area contributed by atoms with Crippen molar-refractivity contribution in [2.24, 2.45) is 7.05 Å². The standard InChI is InChI=1S/C13H14N2/c1-15-13(8-9-14-15)12-6-4-11(5-7-12)10-2-3-10/h4-10H,2-3H2,1H3. The summed E-state index contributed by atoms with van der Waals surface area (Å²) in [6.07, 6.45) is 4.57. The van der Waals surface area contributed by atoms with Crippen LogP contribution in [0.15, 0.2) is 36.5 Å². The molecule has 0 saturated heterocycles. The fourth-order valence-corrected chi connectivity index (χ4v) is 2.00. The van der Waals surface area contributed by atoms with E-state index < -0.39 is 0 Å². The molecule has 0 bridgehead atoms. The van der Waals surface area contributed by atoms with Gasteiger partial charge in [-0.3, -0.25) is 4.68 Å². The Hall–Kier alpha value is -1.57. The maximum absolute atomic E-state index is 4.18. The summed E-state index contributed by atoms with van der Waals surface area (Å²) in [7, 11) is 1.98. The zero-order chi connectivity index (χ0) is 10.3. The fourth-order valence-electron chi connectivity index (χ4n) is 2.00. The molecule has 1 aromatic carbocycles. The van der Waals surface area contributed by atoms with Gasteiger partial charge in [0.1, 0.15) is 0 Å². The van der Waals surface area contributed by atoms with Crippen LogP contribution in [0, 0.1) is 0 Å². The lowest BCUT2D eigenvalue weighted by Crippen LogP contribution is -1.93. The third kappa shape index (κ3) is 1.56. The summed E-state index contributed by atoms with van der Waals surface area (Å²) >= 11 is 0. The Kier molecular flexibility index (Phi) is 1.88. The van der Waals surface area contributed by atoms with E-state index in [1.54, 1.807) is 0 Å². The van der Waals surface area contributed by atoms with Crippen LogP contribution in [0.5, 0.6) is 0 Å². The van der Waals surface area contributed by atoms with Crippen LogP contribution in [0.2, 0.25) is 0 Å². The van der Waals surface area contributed by atoms with E-state index in [-0.39, 0.29) is 0 Å².